The Hall–Kier alpha value is -1.13. The van der Waals surface area contributed by atoms with E-state index in [9.17, 15) is 4.79 Å². The summed E-state index contributed by atoms with van der Waals surface area (Å²) in [6.07, 6.45) is 9.19. The quantitative estimate of drug-likeness (QED) is 0.802. The van der Waals surface area contributed by atoms with Gasteiger partial charge >= 0.3 is 5.97 Å². The van der Waals surface area contributed by atoms with E-state index in [1.54, 1.807) is 0 Å². The van der Waals surface area contributed by atoms with Gasteiger partial charge in [-0.25, -0.2) is 10.4 Å². The minimum absolute atomic E-state index is 0.136. The lowest BCUT2D eigenvalue weighted by molar-refractivity contribution is -0.152. The topological polar surface area (TPSA) is 41.6 Å². The van der Waals surface area contributed by atoms with Gasteiger partial charge in [-0.3, -0.25) is 4.79 Å². The van der Waals surface area contributed by atoms with Gasteiger partial charge in [0, 0.05) is 13.1 Å². The van der Waals surface area contributed by atoms with Gasteiger partial charge in [0.2, 0.25) is 0 Å². The molecule has 0 spiro atoms. The zero-order valence-corrected chi connectivity index (χ0v) is 12.8. The van der Waals surface area contributed by atoms with Crippen molar-refractivity contribution in [1.29, 1.82) is 0 Å². The summed E-state index contributed by atoms with van der Waals surface area (Å²) in [6.45, 7) is 8.13. The molecule has 2 rings (SSSR count). The highest BCUT2D eigenvalue weighted by atomic mass is 16.5. The molecule has 0 aromatic rings. The number of allylic oxidation sites excluding steroid dienone is 2. The number of hydrazine groups is 1. The molecule has 1 aliphatic heterocycles. The van der Waals surface area contributed by atoms with Crippen molar-refractivity contribution in [3.05, 3.63) is 23.8 Å². The Bertz CT molecular complexity index is 403. The molecule has 3 unspecified atom stereocenters. The first-order valence-electron chi connectivity index (χ1n) is 7.70. The van der Waals surface area contributed by atoms with Gasteiger partial charge in [-0.1, -0.05) is 32.1 Å². The average Bonchev–Trinajstić information content (AvgIpc) is 2.47. The highest BCUT2D eigenvalue weighted by Crippen LogP contribution is 2.20. The van der Waals surface area contributed by atoms with Crippen molar-refractivity contribution in [3.63, 3.8) is 0 Å². The average molecular weight is 278 g/mol. The van der Waals surface area contributed by atoms with Gasteiger partial charge in [-0.2, -0.15) is 0 Å². The fraction of sp³-hybridized carbons (Fsp3) is 0.688. The second-order valence-corrected chi connectivity index (χ2v) is 5.76. The highest BCUT2D eigenvalue weighted by Gasteiger charge is 2.27. The number of rotatable bonds is 4. The molecule has 0 amide bonds. The van der Waals surface area contributed by atoms with E-state index in [0.29, 0.717) is 5.92 Å². The molecule has 4 nitrogen and oxygen atoms in total. The lowest BCUT2D eigenvalue weighted by atomic mass is 9.96. The fourth-order valence-electron chi connectivity index (χ4n) is 2.63. The fourth-order valence-corrected chi connectivity index (χ4v) is 2.63. The van der Waals surface area contributed by atoms with Crippen LogP contribution in [0.3, 0.4) is 0 Å². The van der Waals surface area contributed by atoms with Crippen molar-refractivity contribution in [3.8, 4) is 0 Å². The monoisotopic (exact) mass is 278 g/mol. The molecule has 0 aromatic heterocycles. The predicted octanol–water partition coefficient (Wildman–Crippen LogP) is 2.43. The number of nitrogens with zero attached hydrogens (tertiary/aromatic N) is 1. The van der Waals surface area contributed by atoms with Crippen LogP contribution in [0, 0.1) is 5.92 Å². The third-order valence-electron chi connectivity index (χ3n) is 4.03. The first kappa shape index (κ1) is 15.3. The Labute approximate surface area is 121 Å². The van der Waals surface area contributed by atoms with Gasteiger partial charge < -0.3 is 4.74 Å². The lowest BCUT2D eigenvalue weighted by Gasteiger charge is -2.32. The third kappa shape index (κ3) is 3.93. The number of nitrogens with one attached hydrogen (secondary N) is 1. The van der Waals surface area contributed by atoms with E-state index < -0.39 is 0 Å². The van der Waals surface area contributed by atoms with Crippen LogP contribution in [0.5, 0.6) is 0 Å². The van der Waals surface area contributed by atoms with Gasteiger partial charge in [-0.15, -0.1) is 0 Å². The molecule has 4 heteroatoms. The predicted molar refractivity (Wildman–Crippen MR) is 80.0 cm³/mol. The second kappa shape index (κ2) is 7.04. The van der Waals surface area contributed by atoms with Crippen molar-refractivity contribution in [2.75, 3.05) is 13.1 Å². The van der Waals surface area contributed by atoms with Crippen LogP contribution in [0.2, 0.25) is 0 Å². The molecule has 1 heterocycles. The van der Waals surface area contributed by atoms with Crippen LogP contribution < -0.4 is 5.43 Å². The van der Waals surface area contributed by atoms with Crippen LogP contribution in [0.15, 0.2) is 23.8 Å². The van der Waals surface area contributed by atoms with Gasteiger partial charge in [-0.05, 0) is 37.7 Å². The van der Waals surface area contributed by atoms with Gasteiger partial charge in [0.25, 0.3) is 0 Å². The maximum atomic E-state index is 12.2. The highest BCUT2D eigenvalue weighted by molar-refractivity contribution is 5.76. The van der Waals surface area contributed by atoms with E-state index in [1.165, 1.54) is 0 Å². The maximum absolute atomic E-state index is 12.2. The Balaban J connectivity index is 1.86. The third-order valence-corrected chi connectivity index (χ3v) is 4.03. The molecule has 0 aromatic carbocycles. The second-order valence-electron chi connectivity index (χ2n) is 5.76. The normalized spacial score (nSPS) is 28.9. The number of esters is 1. The number of carbonyl (C=O) groups is 1. The largest absolute Gasteiger partial charge is 0.457 e. The smallest absolute Gasteiger partial charge is 0.325 e. The van der Waals surface area contributed by atoms with E-state index in [-0.39, 0.29) is 18.1 Å². The van der Waals surface area contributed by atoms with Gasteiger partial charge in [0.1, 0.15) is 12.1 Å². The van der Waals surface area contributed by atoms with Crippen LogP contribution >= 0.6 is 0 Å². The minimum atomic E-state index is -0.196. The SMILES string of the molecule is CCN1CCCC(C(=O)OC(C)C2=CCC(C)C=C2)N1. The Kier molecular flexibility index (Phi) is 5.38. The summed E-state index contributed by atoms with van der Waals surface area (Å²) in [4.78, 5) is 12.2. The summed E-state index contributed by atoms with van der Waals surface area (Å²) >= 11 is 0. The maximum Gasteiger partial charge on any atom is 0.325 e. The van der Waals surface area contributed by atoms with Crippen LogP contribution in [0.4, 0.5) is 0 Å². The molecule has 112 valence electrons. The lowest BCUT2D eigenvalue weighted by Crippen LogP contribution is -2.53. The van der Waals surface area contributed by atoms with Crippen molar-refractivity contribution >= 4 is 5.97 Å². The Morgan fingerprint density at radius 2 is 2.40 bits per heavy atom. The van der Waals surface area contributed by atoms with E-state index in [4.69, 9.17) is 4.74 Å². The Morgan fingerprint density at radius 1 is 1.60 bits per heavy atom. The van der Waals surface area contributed by atoms with Crippen molar-refractivity contribution < 1.29 is 9.53 Å². The van der Waals surface area contributed by atoms with Crippen molar-refractivity contribution in [2.24, 2.45) is 5.92 Å². The summed E-state index contributed by atoms with van der Waals surface area (Å²) in [6, 6.07) is -0.196. The summed E-state index contributed by atoms with van der Waals surface area (Å²) < 4.78 is 5.61. The number of ether oxygens (including phenoxy) is 1. The summed E-state index contributed by atoms with van der Waals surface area (Å²) in [5.74, 6) is 0.448. The van der Waals surface area contributed by atoms with Crippen LogP contribution in [-0.2, 0) is 9.53 Å². The molecule has 0 bridgehead atoms. The molecule has 1 fully saturated rings. The Morgan fingerprint density at radius 3 is 3.05 bits per heavy atom. The molecule has 1 N–H and O–H groups in total. The van der Waals surface area contributed by atoms with Crippen molar-refractivity contribution in [2.45, 2.75) is 52.2 Å². The standard InChI is InChI=1S/C16H26N2O2/c1-4-18-11-5-6-15(17-18)16(19)20-13(3)14-9-7-12(2)8-10-14/h7,9-10,12-13,15,17H,4-6,8,11H2,1-3H3. The molecule has 1 aliphatic carbocycles. The summed E-state index contributed by atoms with van der Waals surface area (Å²) in [7, 11) is 0. The number of carbonyl (C=O) groups excluding carboxylic acids is 1. The molecular formula is C16H26N2O2. The van der Waals surface area contributed by atoms with Crippen LogP contribution in [0.1, 0.15) is 40.0 Å². The van der Waals surface area contributed by atoms with E-state index >= 15 is 0 Å². The van der Waals surface area contributed by atoms with Crippen LogP contribution in [-0.4, -0.2) is 36.2 Å². The van der Waals surface area contributed by atoms with Crippen molar-refractivity contribution in [1.82, 2.24) is 10.4 Å². The molecule has 0 radical (unpaired) electrons. The summed E-state index contributed by atoms with van der Waals surface area (Å²) in [5, 5.41) is 2.08. The molecule has 3 atom stereocenters. The molecule has 2 aliphatic rings. The first-order chi connectivity index (χ1) is 9.60. The first-order valence-corrected chi connectivity index (χ1v) is 7.70. The van der Waals surface area contributed by atoms with Gasteiger partial charge in [0.15, 0.2) is 0 Å². The zero-order chi connectivity index (χ0) is 14.5. The number of hydrogen-bond donors (Lipinski definition) is 1. The molecule has 1 saturated heterocycles. The van der Waals surface area contributed by atoms with E-state index in [0.717, 1.165) is 37.9 Å². The molecule has 20 heavy (non-hydrogen) atoms. The summed E-state index contributed by atoms with van der Waals surface area (Å²) in [5.41, 5.74) is 4.35. The van der Waals surface area contributed by atoms with Gasteiger partial charge in [0.05, 0.1) is 0 Å². The van der Waals surface area contributed by atoms with E-state index in [2.05, 4.69) is 42.5 Å². The zero-order valence-electron chi connectivity index (χ0n) is 12.8. The number of hydrogen-bond acceptors (Lipinski definition) is 4. The van der Waals surface area contributed by atoms with Crippen LogP contribution in [0.25, 0.3) is 0 Å². The van der Waals surface area contributed by atoms with E-state index in [1.807, 2.05) is 6.92 Å². The minimum Gasteiger partial charge on any atom is -0.457 e. The molecular weight excluding hydrogens is 252 g/mol. The molecule has 0 saturated carbocycles.